The average Bonchev–Trinajstić information content (AvgIpc) is 3.15. The lowest BCUT2D eigenvalue weighted by molar-refractivity contribution is -0.146. The first kappa shape index (κ1) is 15.0. The Morgan fingerprint density at radius 3 is 2.33 bits per heavy atom. The van der Waals surface area contributed by atoms with Crippen LogP contribution in [0.25, 0.3) is 0 Å². The SMILES string of the molecule is COC(=O)C(C)CN(CCN(C)C)C(=O)C1CC1. The molecule has 5 heteroatoms. The van der Waals surface area contributed by atoms with E-state index < -0.39 is 0 Å². The van der Waals surface area contributed by atoms with Gasteiger partial charge in [-0.15, -0.1) is 0 Å². The van der Waals surface area contributed by atoms with Gasteiger partial charge >= 0.3 is 5.97 Å². The molecule has 1 rings (SSSR count). The molecule has 0 aromatic rings. The summed E-state index contributed by atoms with van der Waals surface area (Å²) in [7, 11) is 5.33. The Morgan fingerprint density at radius 2 is 1.89 bits per heavy atom. The van der Waals surface area contributed by atoms with Crippen molar-refractivity contribution in [2.24, 2.45) is 11.8 Å². The van der Waals surface area contributed by atoms with E-state index in [1.165, 1.54) is 7.11 Å². The van der Waals surface area contributed by atoms with Crippen molar-refractivity contribution in [3.63, 3.8) is 0 Å². The Hall–Kier alpha value is -1.10. The maximum absolute atomic E-state index is 12.1. The Labute approximate surface area is 109 Å². The highest BCUT2D eigenvalue weighted by molar-refractivity contribution is 5.82. The van der Waals surface area contributed by atoms with E-state index in [1.54, 1.807) is 11.8 Å². The van der Waals surface area contributed by atoms with Gasteiger partial charge in [0.25, 0.3) is 0 Å². The monoisotopic (exact) mass is 256 g/mol. The molecule has 0 N–H and O–H groups in total. The minimum atomic E-state index is -0.264. The van der Waals surface area contributed by atoms with Gasteiger partial charge in [-0.1, -0.05) is 6.92 Å². The molecule has 0 aliphatic heterocycles. The topological polar surface area (TPSA) is 49.9 Å². The number of likely N-dealkylation sites (N-methyl/N-ethyl adjacent to an activating group) is 1. The molecule has 104 valence electrons. The minimum absolute atomic E-state index is 0.188. The molecular formula is C13H24N2O3. The highest BCUT2D eigenvalue weighted by Gasteiger charge is 2.34. The van der Waals surface area contributed by atoms with Crippen LogP contribution in [0.2, 0.25) is 0 Å². The largest absolute Gasteiger partial charge is 0.469 e. The van der Waals surface area contributed by atoms with Crippen molar-refractivity contribution in [2.45, 2.75) is 19.8 Å². The van der Waals surface area contributed by atoms with E-state index >= 15 is 0 Å². The summed E-state index contributed by atoms with van der Waals surface area (Å²) in [6.45, 7) is 3.74. The van der Waals surface area contributed by atoms with Crippen LogP contribution in [0.4, 0.5) is 0 Å². The van der Waals surface area contributed by atoms with E-state index in [1.807, 2.05) is 19.0 Å². The third kappa shape index (κ3) is 4.64. The smallest absolute Gasteiger partial charge is 0.310 e. The van der Waals surface area contributed by atoms with Crippen LogP contribution in [0.3, 0.4) is 0 Å². The van der Waals surface area contributed by atoms with Crippen molar-refractivity contribution in [3.05, 3.63) is 0 Å². The zero-order chi connectivity index (χ0) is 13.7. The lowest BCUT2D eigenvalue weighted by Crippen LogP contribution is -2.41. The molecule has 1 aliphatic carbocycles. The van der Waals surface area contributed by atoms with Gasteiger partial charge in [-0.3, -0.25) is 9.59 Å². The summed E-state index contributed by atoms with van der Waals surface area (Å²) in [5.74, 6) is -0.141. The fourth-order valence-corrected chi connectivity index (χ4v) is 1.81. The van der Waals surface area contributed by atoms with Crippen LogP contribution in [0.1, 0.15) is 19.8 Å². The van der Waals surface area contributed by atoms with Gasteiger partial charge in [-0.05, 0) is 26.9 Å². The maximum Gasteiger partial charge on any atom is 0.310 e. The van der Waals surface area contributed by atoms with Crippen LogP contribution in [-0.2, 0) is 14.3 Å². The number of hydrogen-bond donors (Lipinski definition) is 0. The van der Waals surface area contributed by atoms with Crippen molar-refractivity contribution in [3.8, 4) is 0 Å². The summed E-state index contributed by atoms with van der Waals surface area (Å²) < 4.78 is 4.71. The molecule has 0 saturated heterocycles. The van der Waals surface area contributed by atoms with Gasteiger partial charge in [0.1, 0.15) is 0 Å². The minimum Gasteiger partial charge on any atom is -0.469 e. The molecule has 1 aliphatic rings. The lowest BCUT2D eigenvalue weighted by atomic mass is 10.1. The van der Waals surface area contributed by atoms with Crippen LogP contribution in [0.15, 0.2) is 0 Å². The second-order valence-corrected chi connectivity index (χ2v) is 5.29. The molecule has 0 bridgehead atoms. The summed E-state index contributed by atoms with van der Waals surface area (Å²) in [6.07, 6.45) is 1.98. The maximum atomic E-state index is 12.1. The van der Waals surface area contributed by atoms with Crippen LogP contribution in [-0.4, -0.2) is 62.5 Å². The van der Waals surface area contributed by atoms with Gasteiger partial charge in [0, 0.05) is 25.6 Å². The van der Waals surface area contributed by atoms with Gasteiger partial charge in [-0.25, -0.2) is 0 Å². The number of carbonyl (C=O) groups excluding carboxylic acids is 2. The molecule has 0 aromatic heterocycles. The zero-order valence-electron chi connectivity index (χ0n) is 11.8. The van der Waals surface area contributed by atoms with E-state index in [-0.39, 0.29) is 23.7 Å². The first-order valence-corrected chi connectivity index (χ1v) is 6.47. The Bertz CT molecular complexity index is 301. The number of amides is 1. The molecule has 0 aromatic carbocycles. The molecule has 18 heavy (non-hydrogen) atoms. The first-order chi connectivity index (χ1) is 8.45. The molecular weight excluding hydrogens is 232 g/mol. The van der Waals surface area contributed by atoms with Gasteiger partial charge in [0.2, 0.25) is 5.91 Å². The molecule has 1 fully saturated rings. The Morgan fingerprint density at radius 1 is 1.28 bits per heavy atom. The average molecular weight is 256 g/mol. The standard InChI is InChI=1S/C13H24N2O3/c1-10(13(17)18-4)9-15(8-7-14(2)3)12(16)11-5-6-11/h10-11H,5-9H2,1-4H3. The predicted octanol–water partition coefficient (Wildman–Crippen LogP) is 0.596. The molecule has 1 atom stereocenters. The predicted molar refractivity (Wildman–Crippen MR) is 69.0 cm³/mol. The van der Waals surface area contributed by atoms with Crippen LogP contribution in [0.5, 0.6) is 0 Å². The number of nitrogens with zero attached hydrogens (tertiary/aromatic N) is 2. The van der Waals surface area contributed by atoms with Crippen LogP contribution in [0, 0.1) is 11.8 Å². The fourth-order valence-electron chi connectivity index (χ4n) is 1.81. The molecule has 1 amide bonds. The molecule has 1 unspecified atom stereocenters. The second-order valence-electron chi connectivity index (χ2n) is 5.29. The molecule has 0 spiro atoms. The summed E-state index contributed by atoms with van der Waals surface area (Å²) in [5.41, 5.74) is 0. The highest BCUT2D eigenvalue weighted by Crippen LogP contribution is 2.31. The van der Waals surface area contributed by atoms with Crippen LogP contribution >= 0.6 is 0 Å². The van der Waals surface area contributed by atoms with Crippen molar-refractivity contribution in [2.75, 3.05) is 40.8 Å². The number of esters is 1. The second kappa shape index (κ2) is 6.73. The Balaban J connectivity index is 2.53. The number of ether oxygens (including phenoxy) is 1. The highest BCUT2D eigenvalue weighted by atomic mass is 16.5. The number of hydrogen-bond acceptors (Lipinski definition) is 4. The molecule has 0 radical (unpaired) electrons. The summed E-state index contributed by atoms with van der Waals surface area (Å²) in [6, 6.07) is 0. The van der Waals surface area contributed by atoms with Crippen molar-refractivity contribution < 1.29 is 14.3 Å². The Kier molecular flexibility index (Phi) is 5.59. The van der Waals surface area contributed by atoms with E-state index in [0.29, 0.717) is 13.1 Å². The van der Waals surface area contributed by atoms with Crippen molar-refractivity contribution in [1.82, 2.24) is 9.80 Å². The first-order valence-electron chi connectivity index (χ1n) is 6.47. The van der Waals surface area contributed by atoms with Gasteiger partial charge < -0.3 is 14.5 Å². The molecule has 0 heterocycles. The van der Waals surface area contributed by atoms with Gasteiger partial charge in [0.05, 0.1) is 13.0 Å². The molecule has 1 saturated carbocycles. The van der Waals surface area contributed by atoms with Gasteiger partial charge in [0.15, 0.2) is 0 Å². The number of methoxy groups -OCH3 is 1. The van der Waals surface area contributed by atoms with E-state index in [4.69, 9.17) is 4.74 Å². The number of rotatable bonds is 7. The summed E-state index contributed by atoms with van der Waals surface area (Å²) in [5, 5.41) is 0. The van der Waals surface area contributed by atoms with Gasteiger partial charge in [-0.2, -0.15) is 0 Å². The normalized spacial score (nSPS) is 16.5. The van der Waals surface area contributed by atoms with E-state index in [9.17, 15) is 9.59 Å². The summed E-state index contributed by atoms with van der Waals surface area (Å²) in [4.78, 5) is 27.4. The lowest BCUT2D eigenvalue weighted by Gasteiger charge is -2.26. The fraction of sp³-hybridized carbons (Fsp3) is 0.846. The van der Waals surface area contributed by atoms with E-state index in [0.717, 1.165) is 19.4 Å². The summed E-state index contributed by atoms with van der Waals surface area (Å²) >= 11 is 0. The zero-order valence-corrected chi connectivity index (χ0v) is 11.8. The third-order valence-electron chi connectivity index (χ3n) is 3.15. The van der Waals surface area contributed by atoms with Crippen molar-refractivity contribution >= 4 is 11.9 Å². The molecule has 5 nitrogen and oxygen atoms in total. The quantitative estimate of drug-likeness (QED) is 0.626. The van der Waals surface area contributed by atoms with E-state index in [2.05, 4.69) is 0 Å². The third-order valence-corrected chi connectivity index (χ3v) is 3.15. The van der Waals surface area contributed by atoms with Crippen LogP contribution < -0.4 is 0 Å². The number of carbonyl (C=O) groups is 2. The van der Waals surface area contributed by atoms with Crippen molar-refractivity contribution in [1.29, 1.82) is 0 Å².